The third-order valence-corrected chi connectivity index (χ3v) is 4.04. The Labute approximate surface area is 169 Å². The molecule has 0 radical (unpaired) electrons. The molecule has 1 aliphatic heterocycles. The van der Waals surface area contributed by atoms with Gasteiger partial charge in [0, 0.05) is 12.6 Å². The second-order valence-electron chi connectivity index (χ2n) is 6.46. The summed E-state index contributed by atoms with van der Waals surface area (Å²) in [5.41, 5.74) is 5.57. The van der Waals surface area contributed by atoms with Gasteiger partial charge in [0.15, 0.2) is 12.2 Å². The first-order valence-corrected chi connectivity index (χ1v) is 9.33. The summed E-state index contributed by atoms with van der Waals surface area (Å²) in [6.45, 7) is 2.17. The van der Waals surface area contributed by atoms with Crippen LogP contribution in [0, 0.1) is 0 Å². The Morgan fingerprint density at radius 3 is 1.66 bits per heavy atom. The van der Waals surface area contributed by atoms with Gasteiger partial charge in [0.05, 0.1) is 0 Å². The molecule has 1 aliphatic rings. The molecule has 0 aliphatic carbocycles. The molecule has 5 N–H and O–H groups in total. The van der Waals surface area contributed by atoms with Gasteiger partial charge < -0.3 is 30.7 Å². The number of esters is 2. The summed E-state index contributed by atoms with van der Waals surface area (Å²) in [6, 6.07) is 16.4. The van der Waals surface area contributed by atoms with E-state index in [1.165, 1.54) is 37.1 Å². The fourth-order valence-corrected chi connectivity index (χ4v) is 2.47. The number of aliphatic hydroxyl groups excluding tert-OH is 2. The Hall–Kier alpha value is -2.78. The lowest BCUT2D eigenvalue weighted by Gasteiger charge is -2.17. The van der Waals surface area contributed by atoms with Crippen LogP contribution < -0.4 is 20.5 Å². The molecule has 8 heteroatoms. The molecule has 0 bridgehead atoms. The average Bonchev–Trinajstić information content (AvgIpc) is 2.75. The van der Waals surface area contributed by atoms with Crippen molar-refractivity contribution in [3.05, 3.63) is 60.7 Å². The summed E-state index contributed by atoms with van der Waals surface area (Å²) in [5.74, 6) is -1.92. The quantitative estimate of drug-likeness (QED) is 0.423. The number of carbonyl (C=O) groups excluding carboxylic acids is 2. The van der Waals surface area contributed by atoms with Crippen LogP contribution in [0.3, 0.4) is 0 Å². The standard InChI is InChI=1S/C16H14O6.C5H12N2/c17-13(15(19)21-11-7-3-1-4-8-11)14(18)16(20)22-12-9-5-2-6-10-12;6-5-2-1-3-7-4-5/h1-10,13-14,17-18H;5,7H,1-4,6H2/t13-,14-;5-/m01/s1. The first-order chi connectivity index (χ1) is 14.0. The van der Waals surface area contributed by atoms with Crippen molar-refractivity contribution >= 4 is 11.9 Å². The van der Waals surface area contributed by atoms with E-state index in [1.807, 2.05) is 0 Å². The number of rotatable bonds is 5. The zero-order valence-electron chi connectivity index (χ0n) is 15.9. The van der Waals surface area contributed by atoms with Crippen molar-refractivity contribution in [3.8, 4) is 11.5 Å². The summed E-state index contributed by atoms with van der Waals surface area (Å²) in [7, 11) is 0. The maximum atomic E-state index is 11.7. The molecule has 0 unspecified atom stereocenters. The van der Waals surface area contributed by atoms with E-state index in [4.69, 9.17) is 15.2 Å². The smallest absolute Gasteiger partial charge is 0.343 e. The van der Waals surface area contributed by atoms with E-state index >= 15 is 0 Å². The molecule has 1 saturated heterocycles. The van der Waals surface area contributed by atoms with Crippen LogP contribution in [0.4, 0.5) is 0 Å². The van der Waals surface area contributed by atoms with Gasteiger partial charge in [0.25, 0.3) is 0 Å². The number of hydrogen-bond acceptors (Lipinski definition) is 8. The zero-order chi connectivity index (χ0) is 21.1. The molecule has 2 aromatic rings. The first-order valence-electron chi connectivity index (χ1n) is 9.33. The SMILES string of the molecule is N[C@@H]1CCCNC1.O=C(Oc1ccccc1)[C@@H](O)[C@H](O)C(=O)Oc1ccccc1. The van der Waals surface area contributed by atoms with E-state index in [0.29, 0.717) is 6.04 Å². The fraction of sp³-hybridized carbons (Fsp3) is 0.333. The third-order valence-electron chi connectivity index (χ3n) is 4.04. The van der Waals surface area contributed by atoms with E-state index in [9.17, 15) is 19.8 Å². The topological polar surface area (TPSA) is 131 Å². The van der Waals surface area contributed by atoms with Crippen LogP contribution in [0.1, 0.15) is 12.8 Å². The number of benzene rings is 2. The molecule has 1 heterocycles. The molecule has 0 aromatic heterocycles. The molecule has 2 aromatic carbocycles. The van der Waals surface area contributed by atoms with Crippen molar-refractivity contribution in [2.24, 2.45) is 5.73 Å². The molecular weight excluding hydrogens is 376 g/mol. The number of nitrogens with one attached hydrogen (secondary N) is 1. The lowest BCUT2D eigenvalue weighted by molar-refractivity contribution is -0.162. The van der Waals surface area contributed by atoms with Crippen LogP contribution >= 0.6 is 0 Å². The predicted octanol–water partition coefficient (Wildman–Crippen LogP) is 0.617. The van der Waals surface area contributed by atoms with Crippen molar-refractivity contribution in [2.75, 3.05) is 13.1 Å². The molecule has 0 saturated carbocycles. The highest BCUT2D eigenvalue weighted by atomic mass is 16.6. The van der Waals surface area contributed by atoms with Gasteiger partial charge in [-0.3, -0.25) is 0 Å². The molecule has 29 heavy (non-hydrogen) atoms. The number of ether oxygens (including phenoxy) is 2. The van der Waals surface area contributed by atoms with E-state index in [-0.39, 0.29) is 11.5 Å². The van der Waals surface area contributed by atoms with Gasteiger partial charge in [-0.2, -0.15) is 0 Å². The Balaban J connectivity index is 0.000000360. The number of nitrogens with two attached hydrogens (primary N) is 1. The number of hydrogen-bond donors (Lipinski definition) is 4. The maximum absolute atomic E-state index is 11.7. The van der Waals surface area contributed by atoms with Crippen LogP contribution in [0.25, 0.3) is 0 Å². The average molecular weight is 402 g/mol. The predicted molar refractivity (Wildman–Crippen MR) is 106 cm³/mol. The van der Waals surface area contributed by atoms with E-state index in [2.05, 4.69) is 5.32 Å². The molecular formula is C21H26N2O6. The van der Waals surface area contributed by atoms with Gasteiger partial charge in [-0.15, -0.1) is 0 Å². The molecule has 1 fully saturated rings. The Kier molecular flexibility index (Phi) is 9.26. The van der Waals surface area contributed by atoms with Crippen molar-refractivity contribution in [3.63, 3.8) is 0 Å². The van der Waals surface area contributed by atoms with Crippen LogP contribution in [0.5, 0.6) is 11.5 Å². The second-order valence-corrected chi connectivity index (χ2v) is 6.46. The Morgan fingerprint density at radius 1 is 0.897 bits per heavy atom. The molecule has 0 spiro atoms. The highest BCUT2D eigenvalue weighted by Gasteiger charge is 2.33. The minimum atomic E-state index is -2.04. The van der Waals surface area contributed by atoms with E-state index < -0.39 is 24.1 Å². The zero-order valence-corrected chi connectivity index (χ0v) is 15.9. The number of piperidine rings is 1. The van der Waals surface area contributed by atoms with Gasteiger partial charge in [-0.25, -0.2) is 9.59 Å². The second kappa shape index (κ2) is 11.9. The van der Waals surface area contributed by atoms with Gasteiger partial charge in [-0.05, 0) is 43.7 Å². The highest BCUT2D eigenvalue weighted by molar-refractivity contribution is 5.87. The summed E-state index contributed by atoms with van der Waals surface area (Å²) in [6.07, 6.45) is -1.64. The molecule has 3 rings (SSSR count). The summed E-state index contributed by atoms with van der Waals surface area (Å²) < 4.78 is 9.68. The molecule has 3 atom stereocenters. The maximum Gasteiger partial charge on any atom is 0.343 e. The fourth-order valence-electron chi connectivity index (χ4n) is 2.47. The third kappa shape index (κ3) is 8.00. The summed E-state index contributed by atoms with van der Waals surface area (Å²) >= 11 is 0. The lowest BCUT2D eigenvalue weighted by atomic mass is 10.1. The van der Waals surface area contributed by atoms with Crippen LogP contribution in [-0.2, 0) is 9.59 Å². The Morgan fingerprint density at radius 2 is 1.34 bits per heavy atom. The van der Waals surface area contributed by atoms with Crippen molar-refractivity contribution in [2.45, 2.75) is 31.1 Å². The minimum Gasteiger partial charge on any atom is -0.425 e. The van der Waals surface area contributed by atoms with Gasteiger partial charge in [-0.1, -0.05) is 36.4 Å². The highest BCUT2D eigenvalue weighted by Crippen LogP contribution is 2.13. The lowest BCUT2D eigenvalue weighted by Crippen LogP contribution is -2.43. The normalized spacial score (nSPS) is 17.8. The van der Waals surface area contributed by atoms with Crippen LogP contribution in [0.2, 0.25) is 0 Å². The summed E-state index contributed by atoms with van der Waals surface area (Å²) in [5, 5.41) is 22.6. The Bertz CT molecular complexity index is 693. The minimum absolute atomic E-state index is 0.190. The number of aliphatic hydroxyl groups is 2. The molecule has 0 amide bonds. The summed E-state index contributed by atoms with van der Waals surface area (Å²) in [4.78, 5) is 23.3. The number of para-hydroxylation sites is 2. The van der Waals surface area contributed by atoms with E-state index in [0.717, 1.165) is 13.1 Å². The molecule has 8 nitrogen and oxygen atoms in total. The molecule has 156 valence electrons. The van der Waals surface area contributed by atoms with Gasteiger partial charge in [0.2, 0.25) is 0 Å². The van der Waals surface area contributed by atoms with Crippen LogP contribution in [0.15, 0.2) is 60.7 Å². The van der Waals surface area contributed by atoms with E-state index in [1.54, 1.807) is 36.4 Å². The van der Waals surface area contributed by atoms with Crippen molar-refractivity contribution < 1.29 is 29.3 Å². The van der Waals surface area contributed by atoms with Gasteiger partial charge >= 0.3 is 11.9 Å². The van der Waals surface area contributed by atoms with Crippen molar-refractivity contribution in [1.82, 2.24) is 5.32 Å². The monoisotopic (exact) mass is 402 g/mol. The van der Waals surface area contributed by atoms with Crippen molar-refractivity contribution in [1.29, 1.82) is 0 Å². The van der Waals surface area contributed by atoms with Crippen LogP contribution in [-0.4, -0.2) is 53.5 Å². The number of carbonyl (C=O) groups is 2. The first kappa shape index (κ1) is 22.5. The van der Waals surface area contributed by atoms with Gasteiger partial charge in [0.1, 0.15) is 11.5 Å². The largest absolute Gasteiger partial charge is 0.425 e.